The lowest BCUT2D eigenvalue weighted by Crippen LogP contribution is -2.40. The Balaban J connectivity index is 1.68. The van der Waals surface area contributed by atoms with E-state index in [2.05, 4.69) is 71.6 Å². The van der Waals surface area contributed by atoms with Crippen molar-refractivity contribution in [1.29, 1.82) is 0 Å². The maximum absolute atomic E-state index is 6.36. The fourth-order valence-corrected chi connectivity index (χ4v) is 3.74. The molecule has 0 amide bonds. The Kier molecular flexibility index (Phi) is 7.60. The van der Waals surface area contributed by atoms with E-state index in [4.69, 9.17) is 10.2 Å². The number of nitrogens with two attached hydrogens (primary N) is 1. The molecule has 32 heavy (non-hydrogen) atoms. The van der Waals surface area contributed by atoms with E-state index in [1.54, 1.807) is 12.4 Å². The highest BCUT2D eigenvalue weighted by molar-refractivity contribution is 6.74. The van der Waals surface area contributed by atoms with Gasteiger partial charge in [0, 0.05) is 36.7 Å². The van der Waals surface area contributed by atoms with Crippen LogP contribution in [0.15, 0.2) is 54.9 Å². The molecule has 3 rings (SSSR count). The normalized spacial score (nSPS) is 11.9. The zero-order valence-corrected chi connectivity index (χ0v) is 20.6. The molecule has 0 saturated heterocycles. The summed E-state index contributed by atoms with van der Waals surface area (Å²) < 4.78 is 6.36. The number of hydrogen-bond donors (Lipinski definition) is 3. The number of aromatic nitrogens is 3. The molecule has 0 spiro atoms. The van der Waals surface area contributed by atoms with E-state index in [-0.39, 0.29) is 5.04 Å². The van der Waals surface area contributed by atoms with Crippen molar-refractivity contribution in [1.82, 2.24) is 15.0 Å². The summed E-state index contributed by atoms with van der Waals surface area (Å²) >= 11 is 0. The largest absolute Gasteiger partial charge is 0.413 e. The van der Waals surface area contributed by atoms with Gasteiger partial charge in [-0.05, 0) is 54.0 Å². The van der Waals surface area contributed by atoms with Gasteiger partial charge in [0.1, 0.15) is 5.82 Å². The van der Waals surface area contributed by atoms with Gasteiger partial charge in [0.25, 0.3) is 0 Å². The number of nitrogens with one attached hydrogen (secondary N) is 2. The molecule has 0 radical (unpaired) electrons. The third-order valence-corrected chi connectivity index (χ3v) is 10.2. The Bertz CT molecular complexity index is 1020. The molecule has 1 aromatic carbocycles. The minimum absolute atomic E-state index is 0.185. The Hall–Kier alpha value is -2.81. The van der Waals surface area contributed by atoms with Crippen LogP contribution in [0.4, 0.5) is 17.5 Å². The van der Waals surface area contributed by atoms with Gasteiger partial charge in [-0.25, -0.2) is 15.0 Å². The Morgan fingerprint density at radius 1 is 1.06 bits per heavy atom. The van der Waals surface area contributed by atoms with Gasteiger partial charge in [-0.2, -0.15) is 0 Å². The SMILES string of the molecule is CC(C)(C)[Si](C)(C)OCc1cccc(Nc2nccc(-c3ccc(NCCN)nc3)n2)c1. The maximum atomic E-state index is 6.36. The summed E-state index contributed by atoms with van der Waals surface area (Å²) in [5.41, 5.74) is 9.30. The first kappa shape index (κ1) is 23.8. The molecule has 4 N–H and O–H groups in total. The van der Waals surface area contributed by atoms with Crippen molar-refractivity contribution in [3.05, 3.63) is 60.4 Å². The molecule has 8 heteroatoms. The summed E-state index contributed by atoms with van der Waals surface area (Å²) in [4.78, 5) is 13.4. The van der Waals surface area contributed by atoms with Crippen molar-refractivity contribution in [2.45, 2.75) is 45.5 Å². The molecular formula is C24H34N6OSi. The van der Waals surface area contributed by atoms with Gasteiger partial charge in [-0.1, -0.05) is 32.9 Å². The number of pyridine rings is 1. The minimum atomic E-state index is -1.80. The van der Waals surface area contributed by atoms with Gasteiger partial charge in [0.15, 0.2) is 8.32 Å². The van der Waals surface area contributed by atoms with Crippen molar-refractivity contribution in [2.24, 2.45) is 5.73 Å². The van der Waals surface area contributed by atoms with E-state index >= 15 is 0 Å². The van der Waals surface area contributed by atoms with Gasteiger partial charge in [0.2, 0.25) is 5.95 Å². The second kappa shape index (κ2) is 10.2. The van der Waals surface area contributed by atoms with E-state index in [1.165, 1.54) is 0 Å². The van der Waals surface area contributed by atoms with E-state index in [0.717, 1.165) is 28.3 Å². The van der Waals surface area contributed by atoms with Crippen LogP contribution in [0.3, 0.4) is 0 Å². The van der Waals surface area contributed by atoms with Gasteiger partial charge in [-0.3, -0.25) is 0 Å². The zero-order valence-electron chi connectivity index (χ0n) is 19.6. The number of hydrogen-bond acceptors (Lipinski definition) is 7. The van der Waals surface area contributed by atoms with Gasteiger partial charge < -0.3 is 20.8 Å². The van der Waals surface area contributed by atoms with Crippen LogP contribution in [0, 0.1) is 0 Å². The Morgan fingerprint density at radius 3 is 2.56 bits per heavy atom. The molecule has 170 valence electrons. The molecule has 0 unspecified atom stereocenters. The van der Waals surface area contributed by atoms with Gasteiger partial charge in [-0.15, -0.1) is 0 Å². The van der Waals surface area contributed by atoms with Crippen molar-refractivity contribution in [3.8, 4) is 11.3 Å². The third-order valence-electron chi connectivity index (χ3n) is 5.75. The van der Waals surface area contributed by atoms with Crippen LogP contribution in [0.1, 0.15) is 26.3 Å². The Labute approximate surface area is 192 Å². The van der Waals surface area contributed by atoms with E-state index in [1.807, 2.05) is 30.3 Å². The molecule has 3 aromatic rings. The number of nitrogens with zero attached hydrogens (tertiary/aromatic N) is 3. The molecule has 2 aromatic heterocycles. The van der Waals surface area contributed by atoms with Gasteiger partial charge >= 0.3 is 0 Å². The highest BCUT2D eigenvalue weighted by Crippen LogP contribution is 2.37. The highest BCUT2D eigenvalue weighted by atomic mass is 28.4. The van der Waals surface area contributed by atoms with Crippen LogP contribution < -0.4 is 16.4 Å². The van der Waals surface area contributed by atoms with Crippen LogP contribution in [0.2, 0.25) is 18.1 Å². The quantitative estimate of drug-likeness (QED) is 0.387. The van der Waals surface area contributed by atoms with Crippen molar-refractivity contribution in [2.75, 3.05) is 23.7 Å². The standard InChI is InChI=1S/C24H34N6OSi/c1-24(2,3)32(4,5)31-17-18-7-6-8-20(15-18)29-23-27-13-11-21(30-23)19-9-10-22(28-16-19)26-14-12-25/h6-11,13,15-16H,12,14,17,25H2,1-5H3,(H,26,28)(H,27,29,30). The predicted octanol–water partition coefficient (Wildman–Crippen LogP) is 5.17. The van der Waals surface area contributed by atoms with Crippen molar-refractivity contribution in [3.63, 3.8) is 0 Å². The van der Waals surface area contributed by atoms with Crippen LogP contribution >= 0.6 is 0 Å². The van der Waals surface area contributed by atoms with E-state index < -0.39 is 8.32 Å². The third kappa shape index (κ3) is 6.35. The lowest BCUT2D eigenvalue weighted by molar-refractivity contribution is 0.276. The maximum Gasteiger partial charge on any atom is 0.227 e. The molecule has 2 heterocycles. The molecule has 0 bridgehead atoms. The summed E-state index contributed by atoms with van der Waals surface area (Å²) in [5, 5.41) is 6.65. The van der Waals surface area contributed by atoms with Crippen molar-refractivity contribution >= 4 is 25.8 Å². The lowest BCUT2D eigenvalue weighted by atomic mass is 10.2. The Morgan fingerprint density at radius 2 is 1.88 bits per heavy atom. The van der Waals surface area contributed by atoms with E-state index in [0.29, 0.717) is 25.6 Å². The fourth-order valence-electron chi connectivity index (χ4n) is 2.78. The fraction of sp³-hybridized carbons (Fsp3) is 0.375. The predicted molar refractivity (Wildman–Crippen MR) is 135 cm³/mol. The van der Waals surface area contributed by atoms with Crippen molar-refractivity contribution < 1.29 is 4.43 Å². The molecular weight excluding hydrogens is 416 g/mol. The average Bonchev–Trinajstić information content (AvgIpc) is 2.76. The van der Waals surface area contributed by atoms with Crippen LogP contribution in [0.25, 0.3) is 11.3 Å². The summed E-state index contributed by atoms with van der Waals surface area (Å²) in [7, 11) is -1.80. The summed E-state index contributed by atoms with van der Waals surface area (Å²) in [6, 6.07) is 14.0. The molecule has 7 nitrogen and oxygen atoms in total. The topological polar surface area (TPSA) is 98.0 Å². The second-order valence-corrected chi connectivity index (χ2v) is 14.1. The molecule has 0 fully saturated rings. The zero-order chi connectivity index (χ0) is 23.2. The molecule has 0 aliphatic heterocycles. The summed E-state index contributed by atoms with van der Waals surface area (Å²) in [5.74, 6) is 1.33. The number of benzene rings is 1. The summed E-state index contributed by atoms with van der Waals surface area (Å²) in [6.45, 7) is 13.1. The monoisotopic (exact) mass is 450 g/mol. The van der Waals surface area contributed by atoms with E-state index in [9.17, 15) is 0 Å². The van der Waals surface area contributed by atoms with Crippen LogP contribution in [0.5, 0.6) is 0 Å². The second-order valence-electron chi connectivity index (χ2n) is 9.29. The molecule has 0 saturated carbocycles. The lowest BCUT2D eigenvalue weighted by Gasteiger charge is -2.36. The van der Waals surface area contributed by atoms with Gasteiger partial charge in [0.05, 0.1) is 12.3 Å². The minimum Gasteiger partial charge on any atom is -0.413 e. The average molecular weight is 451 g/mol. The van der Waals surface area contributed by atoms with Crippen LogP contribution in [-0.4, -0.2) is 36.4 Å². The smallest absolute Gasteiger partial charge is 0.227 e. The first-order valence-corrected chi connectivity index (χ1v) is 13.8. The first-order valence-electron chi connectivity index (χ1n) is 10.9. The molecule has 0 aliphatic rings. The first-order chi connectivity index (χ1) is 15.2. The number of rotatable bonds is 9. The summed E-state index contributed by atoms with van der Waals surface area (Å²) in [6.07, 6.45) is 3.54. The number of anilines is 3. The van der Waals surface area contributed by atoms with Crippen LogP contribution in [-0.2, 0) is 11.0 Å². The highest BCUT2D eigenvalue weighted by Gasteiger charge is 2.37. The molecule has 0 atom stereocenters. The molecule has 0 aliphatic carbocycles.